The highest BCUT2D eigenvalue weighted by atomic mass is 32.1. The van der Waals surface area contributed by atoms with Gasteiger partial charge in [-0.25, -0.2) is 9.59 Å². The van der Waals surface area contributed by atoms with Crippen LogP contribution in [0, 0.1) is 0 Å². The number of rotatable bonds is 6. The van der Waals surface area contributed by atoms with E-state index in [4.69, 9.17) is 11.5 Å². The molecule has 0 amide bonds. The third kappa shape index (κ3) is 7.15. The van der Waals surface area contributed by atoms with Crippen LogP contribution in [-0.2, 0) is 28.7 Å². The lowest BCUT2D eigenvalue weighted by Gasteiger charge is -2.08. The van der Waals surface area contributed by atoms with E-state index in [-0.39, 0.29) is 11.5 Å². The molecule has 4 N–H and O–H groups in total. The molecule has 19 heavy (non-hydrogen) atoms. The van der Waals surface area contributed by atoms with Crippen LogP contribution in [0.2, 0.25) is 0 Å². The first-order chi connectivity index (χ1) is 8.81. The van der Waals surface area contributed by atoms with E-state index in [0.717, 1.165) is 0 Å². The van der Waals surface area contributed by atoms with Gasteiger partial charge in [0.05, 0.1) is 0 Å². The minimum Gasteiger partial charge on any atom is -0.392 e. The molecule has 0 radical (unpaired) electrons. The molecule has 0 unspecified atom stereocenters. The predicted molar refractivity (Wildman–Crippen MR) is 70.5 cm³/mol. The van der Waals surface area contributed by atoms with Gasteiger partial charge in [-0.15, -0.1) is 0 Å². The number of hydrogen-bond donors (Lipinski definition) is 4. The van der Waals surface area contributed by atoms with Crippen molar-refractivity contribution in [2.24, 2.45) is 11.5 Å². The quantitative estimate of drug-likeness (QED) is 0.252. The molecule has 0 rings (SSSR count). The fraction of sp³-hybridized carbons (Fsp3) is 0.556. The van der Waals surface area contributed by atoms with E-state index in [9.17, 15) is 19.2 Å². The summed E-state index contributed by atoms with van der Waals surface area (Å²) in [6.07, 6.45) is -0.907. The highest BCUT2D eigenvalue weighted by Crippen LogP contribution is 1.97. The van der Waals surface area contributed by atoms with Crippen molar-refractivity contribution in [2.75, 3.05) is 11.5 Å². The molecule has 0 spiro atoms. The second-order valence-electron chi connectivity index (χ2n) is 3.34. The van der Waals surface area contributed by atoms with Crippen LogP contribution >= 0.6 is 25.3 Å². The molecule has 10 heteroatoms. The fourth-order valence-corrected chi connectivity index (χ4v) is 1.01. The molecular weight excluding hydrogens is 296 g/mol. The molecule has 0 aromatic rings. The van der Waals surface area contributed by atoms with Crippen molar-refractivity contribution in [3.8, 4) is 0 Å². The number of hydrogen-bond acceptors (Lipinski definition) is 10. The van der Waals surface area contributed by atoms with Gasteiger partial charge in [-0.05, 0) is 0 Å². The van der Waals surface area contributed by atoms with Crippen LogP contribution in [0.15, 0.2) is 0 Å². The van der Waals surface area contributed by atoms with Gasteiger partial charge in [0.25, 0.3) is 0 Å². The van der Waals surface area contributed by atoms with Gasteiger partial charge in [0, 0.05) is 11.5 Å². The second kappa shape index (κ2) is 8.91. The van der Waals surface area contributed by atoms with Crippen molar-refractivity contribution < 1.29 is 28.7 Å². The molecule has 8 nitrogen and oxygen atoms in total. The number of carbonyl (C=O) groups is 4. The average molecular weight is 310 g/mol. The molecule has 0 heterocycles. The van der Waals surface area contributed by atoms with E-state index in [1.807, 2.05) is 0 Å². The second-order valence-corrected chi connectivity index (χ2v) is 4.07. The standard InChI is InChI=1S/C9H14N2O6S2/c10-4(2-18)8(14)16-6(12)1-7(13)17-9(15)5(11)3-19/h4-5,18-19H,1-3,10-11H2/t4-,5-/m0/s1. The number of thiol groups is 2. The van der Waals surface area contributed by atoms with Crippen molar-refractivity contribution in [1.29, 1.82) is 0 Å². The van der Waals surface area contributed by atoms with Crippen LogP contribution in [0.1, 0.15) is 6.42 Å². The first-order valence-electron chi connectivity index (χ1n) is 5.03. The smallest absolute Gasteiger partial charge is 0.331 e. The average Bonchev–Trinajstić information content (AvgIpc) is 2.35. The third-order valence-electron chi connectivity index (χ3n) is 1.72. The summed E-state index contributed by atoms with van der Waals surface area (Å²) >= 11 is 7.46. The Hall–Kier alpha value is -1.10. The van der Waals surface area contributed by atoms with Gasteiger partial charge >= 0.3 is 23.9 Å². The maximum absolute atomic E-state index is 11.1. The monoisotopic (exact) mass is 310 g/mol. The van der Waals surface area contributed by atoms with Crippen LogP contribution in [0.3, 0.4) is 0 Å². The van der Waals surface area contributed by atoms with Gasteiger partial charge in [-0.2, -0.15) is 25.3 Å². The molecular formula is C9H14N2O6S2. The highest BCUT2D eigenvalue weighted by molar-refractivity contribution is 7.80. The normalized spacial score (nSPS) is 13.3. The van der Waals surface area contributed by atoms with Gasteiger partial charge in [0.2, 0.25) is 0 Å². The van der Waals surface area contributed by atoms with Gasteiger partial charge < -0.3 is 20.9 Å². The molecule has 2 atom stereocenters. The van der Waals surface area contributed by atoms with Crippen molar-refractivity contribution in [1.82, 2.24) is 0 Å². The summed E-state index contributed by atoms with van der Waals surface area (Å²) in [5.41, 5.74) is 10.5. The Morgan fingerprint density at radius 3 is 1.42 bits per heavy atom. The summed E-state index contributed by atoms with van der Waals surface area (Å²) in [5.74, 6) is -4.45. The van der Waals surface area contributed by atoms with Crippen LogP contribution in [0.5, 0.6) is 0 Å². The summed E-state index contributed by atoms with van der Waals surface area (Å²) < 4.78 is 8.46. The largest absolute Gasteiger partial charge is 0.392 e. The summed E-state index contributed by atoms with van der Waals surface area (Å²) in [5, 5.41) is 0. The Bertz CT molecular complexity index is 342. The molecule has 0 aliphatic heterocycles. The SMILES string of the molecule is N[C@@H](CS)C(=O)OC(=O)CC(=O)OC(=O)[C@@H](N)CS. The molecule has 0 saturated carbocycles. The number of ether oxygens (including phenoxy) is 2. The Morgan fingerprint density at radius 1 is 0.842 bits per heavy atom. The van der Waals surface area contributed by atoms with E-state index < -0.39 is 42.4 Å². The lowest BCUT2D eigenvalue weighted by molar-refractivity contribution is -0.166. The van der Waals surface area contributed by atoms with Gasteiger partial charge in [0.1, 0.15) is 18.5 Å². The van der Waals surface area contributed by atoms with E-state index in [2.05, 4.69) is 34.7 Å². The molecule has 0 aromatic heterocycles. The Morgan fingerprint density at radius 2 is 1.16 bits per heavy atom. The Kier molecular flexibility index (Phi) is 8.39. The Balaban J connectivity index is 4.17. The Labute approximate surface area is 120 Å². The topological polar surface area (TPSA) is 139 Å². The summed E-state index contributed by atoms with van der Waals surface area (Å²) in [7, 11) is 0. The molecule has 0 aliphatic rings. The van der Waals surface area contributed by atoms with Crippen LogP contribution in [-0.4, -0.2) is 47.5 Å². The van der Waals surface area contributed by atoms with Crippen LogP contribution in [0.25, 0.3) is 0 Å². The minimum atomic E-state index is -1.18. The third-order valence-corrected chi connectivity index (χ3v) is 2.50. The lowest BCUT2D eigenvalue weighted by atomic mass is 10.3. The molecule has 0 bridgehead atoms. The molecule has 0 fully saturated rings. The summed E-state index contributed by atoms with van der Waals surface area (Å²) in [6, 6.07) is -2.16. The van der Waals surface area contributed by atoms with E-state index in [1.54, 1.807) is 0 Å². The number of esters is 4. The maximum atomic E-state index is 11.1. The van der Waals surface area contributed by atoms with Crippen molar-refractivity contribution >= 4 is 49.1 Å². The molecule has 0 saturated heterocycles. The zero-order valence-corrected chi connectivity index (χ0v) is 11.6. The maximum Gasteiger partial charge on any atom is 0.331 e. The first-order valence-corrected chi connectivity index (χ1v) is 6.30. The molecule has 0 aromatic carbocycles. The van der Waals surface area contributed by atoms with E-state index in [0.29, 0.717) is 0 Å². The van der Waals surface area contributed by atoms with Gasteiger partial charge in [-0.3, -0.25) is 9.59 Å². The zero-order chi connectivity index (χ0) is 15.0. The van der Waals surface area contributed by atoms with Crippen LogP contribution < -0.4 is 11.5 Å². The van der Waals surface area contributed by atoms with Gasteiger partial charge in [-0.1, -0.05) is 0 Å². The molecule has 108 valence electrons. The van der Waals surface area contributed by atoms with Crippen LogP contribution in [0.4, 0.5) is 0 Å². The first kappa shape index (κ1) is 17.9. The van der Waals surface area contributed by atoms with Crippen molar-refractivity contribution in [3.63, 3.8) is 0 Å². The minimum absolute atomic E-state index is 0.0220. The highest BCUT2D eigenvalue weighted by Gasteiger charge is 2.23. The molecule has 0 aliphatic carbocycles. The number of carbonyl (C=O) groups excluding carboxylic acids is 4. The van der Waals surface area contributed by atoms with Crippen molar-refractivity contribution in [3.05, 3.63) is 0 Å². The van der Waals surface area contributed by atoms with Crippen molar-refractivity contribution in [2.45, 2.75) is 18.5 Å². The van der Waals surface area contributed by atoms with E-state index in [1.165, 1.54) is 0 Å². The lowest BCUT2D eigenvalue weighted by Crippen LogP contribution is -2.37. The number of nitrogens with two attached hydrogens (primary N) is 2. The zero-order valence-electron chi connectivity index (χ0n) is 9.77. The summed E-state index contributed by atoms with van der Waals surface area (Å²) in [6.45, 7) is 0. The predicted octanol–water partition coefficient (Wildman–Crippen LogP) is -1.97. The summed E-state index contributed by atoms with van der Waals surface area (Å²) in [4.78, 5) is 44.4. The van der Waals surface area contributed by atoms with Gasteiger partial charge in [0.15, 0.2) is 0 Å². The fourth-order valence-electron chi connectivity index (χ4n) is 0.715. The van der Waals surface area contributed by atoms with E-state index >= 15 is 0 Å².